The minimum absolute atomic E-state index is 0.148. The number of hydrogen-bond acceptors (Lipinski definition) is 2. The molecule has 1 N–H and O–H groups in total. The van der Waals surface area contributed by atoms with E-state index in [0.29, 0.717) is 10.8 Å². The van der Waals surface area contributed by atoms with Crippen LogP contribution in [0.15, 0.2) is 40.9 Å². The van der Waals surface area contributed by atoms with E-state index in [1.807, 2.05) is 6.07 Å². The second-order valence-electron chi connectivity index (χ2n) is 4.84. The summed E-state index contributed by atoms with van der Waals surface area (Å²) < 4.78 is 19.1. The van der Waals surface area contributed by atoms with Crippen molar-refractivity contribution in [2.45, 2.75) is 19.4 Å². The summed E-state index contributed by atoms with van der Waals surface area (Å²) in [6, 6.07) is 10.3. The van der Waals surface area contributed by atoms with E-state index in [9.17, 15) is 4.39 Å². The Labute approximate surface area is 137 Å². The summed E-state index contributed by atoms with van der Waals surface area (Å²) in [6.07, 6.45) is 0.771. The molecule has 0 spiro atoms. The van der Waals surface area contributed by atoms with Crippen LogP contribution in [0.5, 0.6) is 5.75 Å². The fourth-order valence-corrected chi connectivity index (χ4v) is 3.14. The van der Waals surface area contributed by atoms with Crippen molar-refractivity contribution in [2.24, 2.45) is 0 Å². The first-order valence-corrected chi connectivity index (χ1v) is 7.70. The van der Waals surface area contributed by atoms with Crippen molar-refractivity contribution in [1.29, 1.82) is 0 Å². The van der Waals surface area contributed by atoms with Crippen molar-refractivity contribution in [3.05, 3.63) is 57.3 Å². The van der Waals surface area contributed by atoms with Crippen molar-refractivity contribution >= 4 is 33.2 Å². The van der Waals surface area contributed by atoms with Gasteiger partial charge < -0.3 is 10.1 Å². The van der Waals surface area contributed by atoms with Gasteiger partial charge >= 0.3 is 0 Å². The lowest BCUT2D eigenvalue weighted by atomic mass is 10.1. The molecule has 0 fully saturated rings. The van der Waals surface area contributed by atoms with Crippen molar-refractivity contribution in [3.63, 3.8) is 0 Å². The first-order chi connectivity index (χ1) is 9.99. The molecule has 1 atom stereocenters. The van der Waals surface area contributed by atoms with Gasteiger partial charge in [-0.25, -0.2) is 4.39 Å². The van der Waals surface area contributed by atoms with Gasteiger partial charge in [-0.2, -0.15) is 0 Å². The summed E-state index contributed by atoms with van der Waals surface area (Å²) in [5.41, 5.74) is 1.89. The fourth-order valence-electron chi connectivity index (χ4n) is 2.17. The summed E-state index contributed by atoms with van der Waals surface area (Å²) >= 11 is 9.50. The lowest BCUT2D eigenvalue weighted by Crippen LogP contribution is -2.18. The molecule has 0 saturated carbocycles. The molecule has 0 bridgehead atoms. The predicted molar refractivity (Wildman–Crippen MR) is 88.9 cm³/mol. The summed E-state index contributed by atoms with van der Waals surface area (Å²) in [5.74, 6) is 0.491. The maximum absolute atomic E-state index is 12.9. The van der Waals surface area contributed by atoms with Gasteiger partial charge in [-0.1, -0.05) is 23.7 Å². The first kappa shape index (κ1) is 16.1. The average Bonchev–Trinajstić information content (AvgIpc) is 2.41. The maximum atomic E-state index is 12.9. The Balaban J connectivity index is 2.12. The molecule has 0 aromatic heterocycles. The quantitative estimate of drug-likeness (QED) is 0.769. The highest BCUT2D eigenvalue weighted by molar-refractivity contribution is 9.10. The van der Waals surface area contributed by atoms with Gasteiger partial charge in [0, 0.05) is 11.1 Å². The number of ether oxygens (including phenoxy) is 1. The molecule has 0 aliphatic rings. The van der Waals surface area contributed by atoms with Gasteiger partial charge in [0.25, 0.3) is 0 Å². The van der Waals surface area contributed by atoms with Crippen LogP contribution < -0.4 is 10.1 Å². The molecule has 0 amide bonds. The number of benzene rings is 2. The number of hydrogen-bond donors (Lipinski definition) is 1. The lowest BCUT2D eigenvalue weighted by Gasteiger charge is -2.19. The van der Waals surface area contributed by atoms with Crippen LogP contribution in [0.1, 0.15) is 12.5 Å². The third-order valence-electron chi connectivity index (χ3n) is 3.07. The van der Waals surface area contributed by atoms with Crippen LogP contribution >= 0.6 is 27.5 Å². The summed E-state index contributed by atoms with van der Waals surface area (Å²) in [6.45, 7) is 2.05. The number of methoxy groups -OCH3 is 1. The lowest BCUT2D eigenvalue weighted by molar-refractivity contribution is 0.413. The van der Waals surface area contributed by atoms with Gasteiger partial charge in [0.1, 0.15) is 5.82 Å². The molecular formula is C16H16BrClFNO. The van der Waals surface area contributed by atoms with Gasteiger partial charge in [-0.05, 0) is 59.1 Å². The van der Waals surface area contributed by atoms with Crippen LogP contribution in [0.3, 0.4) is 0 Å². The molecule has 0 saturated heterocycles. The van der Waals surface area contributed by atoms with Crippen molar-refractivity contribution in [2.75, 3.05) is 12.4 Å². The topological polar surface area (TPSA) is 21.3 Å². The molecule has 0 radical (unpaired) electrons. The van der Waals surface area contributed by atoms with Crippen LogP contribution in [-0.2, 0) is 6.42 Å². The Morgan fingerprint density at radius 2 is 1.95 bits per heavy atom. The fraction of sp³-hybridized carbons (Fsp3) is 0.250. The van der Waals surface area contributed by atoms with Gasteiger partial charge in [0.05, 0.1) is 17.3 Å². The zero-order chi connectivity index (χ0) is 15.4. The molecule has 2 aromatic rings. The van der Waals surface area contributed by atoms with Crippen LogP contribution in [0.2, 0.25) is 5.02 Å². The zero-order valence-electron chi connectivity index (χ0n) is 11.8. The van der Waals surface area contributed by atoms with E-state index in [2.05, 4.69) is 28.2 Å². The third kappa shape index (κ3) is 4.35. The smallest absolute Gasteiger partial charge is 0.156 e. The molecular weight excluding hydrogens is 357 g/mol. The minimum atomic E-state index is -0.222. The highest BCUT2D eigenvalue weighted by atomic mass is 79.9. The van der Waals surface area contributed by atoms with E-state index >= 15 is 0 Å². The molecule has 2 nitrogen and oxygen atoms in total. The number of halogens is 3. The van der Waals surface area contributed by atoms with Crippen molar-refractivity contribution in [3.8, 4) is 5.75 Å². The molecule has 112 valence electrons. The monoisotopic (exact) mass is 371 g/mol. The normalized spacial score (nSPS) is 12.0. The zero-order valence-corrected chi connectivity index (χ0v) is 14.1. The van der Waals surface area contributed by atoms with E-state index in [1.165, 1.54) is 12.1 Å². The van der Waals surface area contributed by atoms with Gasteiger partial charge in [-0.15, -0.1) is 0 Å². The predicted octanol–water partition coefficient (Wildman–Crippen LogP) is 5.29. The van der Waals surface area contributed by atoms with Gasteiger partial charge in [-0.3, -0.25) is 0 Å². The minimum Gasteiger partial charge on any atom is -0.493 e. The third-order valence-corrected chi connectivity index (χ3v) is 3.88. The second-order valence-corrected chi connectivity index (χ2v) is 6.14. The van der Waals surface area contributed by atoms with E-state index in [1.54, 1.807) is 25.3 Å². The highest BCUT2D eigenvalue weighted by Crippen LogP contribution is 2.36. The summed E-state index contributed by atoms with van der Waals surface area (Å²) in [4.78, 5) is 0. The molecule has 21 heavy (non-hydrogen) atoms. The first-order valence-electron chi connectivity index (χ1n) is 6.53. The largest absolute Gasteiger partial charge is 0.493 e. The van der Waals surface area contributed by atoms with Gasteiger partial charge in [0.2, 0.25) is 0 Å². The van der Waals surface area contributed by atoms with E-state index in [-0.39, 0.29) is 11.9 Å². The Morgan fingerprint density at radius 1 is 1.29 bits per heavy atom. The van der Waals surface area contributed by atoms with Crippen LogP contribution in [-0.4, -0.2) is 13.2 Å². The highest BCUT2D eigenvalue weighted by Gasteiger charge is 2.12. The standard InChI is InChI=1S/C16H16BrClFNO/c1-10(7-11-3-5-13(19)6-4-11)20-15-9-12(18)8-14(17)16(15)21-2/h3-6,8-10,20H,7H2,1-2H3. The number of rotatable bonds is 5. The Hall–Kier alpha value is -1.26. The summed E-state index contributed by atoms with van der Waals surface area (Å²) in [5, 5.41) is 4.00. The van der Waals surface area contributed by atoms with Crippen LogP contribution in [0, 0.1) is 5.82 Å². The maximum Gasteiger partial charge on any atom is 0.156 e. The Kier molecular flexibility index (Phi) is 5.48. The Bertz CT molecular complexity index is 618. The summed E-state index contributed by atoms with van der Waals surface area (Å²) in [7, 11) is 1.61. The average molecular weight is 373 g/mol. The second kappa shape index (κ2) is 7.14. The number of anilines is 1. The van der Waals surface area contributed by atoms with Crippen LogP contribution in [0.25, 0.3) is 0 Å². The molecule has 2 aromatic carbocycles. The van der Waals surface area contributed by atoms with Gasteiger partial charge in [0.15, 0.2) is 5.75 Å². The molecule has 0 aliphatic heterocycles. The molecule has 5 heteroatoms. The van der Waals surface area contributed by atoms with E-state index in [0.717, 1.165) is 22.1 Å². The molecule has 2 rings (SSSR count). The van der Waals surface area contributed by atoms with E-state index < -0.39 is 0 Å². The number of nitrogens with one attached hydrogen (secondary N) is 1. The van der Waals surface area contributed by atoms with Crippen molar-refractivity contribution in [1.82, 2.24) is 0 Å². The molecule has 0 heterocycles. The Morgan fingerprint density at radius 3 is 2.57 bits per heavy atom. The van der Waals surface area contributed by atoms with Crippen LogP contribution in [0.4, 0.5) is 10.1 Å². The van der Waals surface area contributed by atoms with E-state index in [4.69, 9.17) is 16.3 Å². The SMILES string of the molecule is COc1c(Br)cc(Cl)cc1NC(C)Cc1ccc(F)cc1. The molecule has 1 unspecified atom stereocenters. The van der Waals surface area contributed by atoms with Crippen molar-refractivity contribution < 1.29 is 9.13 Å². The molecule has 0 aliphatic carbocycles.